The van der Waals surface area contributed by atoms with Gasteiger partial charge in [-0.1, -0.05) is 55.0 Å². The van der Waals surface area contributed by atoms with E-state index in [1.165, 1.54) is 5.56 Å². The molecule has 3 amide bonds. The highest BCUT2D eigenvalue weighted by atomic mass is 16.5. The number of amides is 3. The maximum atomic E-state index is 14.5. The van der Waals surface area contributed by atoms with Gasteiger partial charge in [0.2, 0.25) is 5.91 Å². The molecule has 0 radical (unpaired) electrons. The number of hydrogen-bond donors (Lipinski definition) is 3. The Morgan fingerprint density at radius 3 is 2.28 bits per heavy atom. The van der Waals surface area contributed by atoms with E-state index in [1.807, 2.05) is 48.5 Å². The van der Waals surface area contributed by atoms with Crippen LogP contribution in [-0.4, -0.2) is 46.5 Å². The van der Waals surface area contributed by atoms with Crippen molar-refractivity contribution in [3.8, 4) is 0 Å². The molecule has 2 aromatic rings. The Bertz CT molecular complexity index is 1040. The van der Waals surface area contributed by atoms with Crippen molar-refractivity contribution in [1.82, 2.24) is 5.48 Å². The minimum atomic E-state index is -0.883. The van der Waals surface area contributed by atoms with E-state index in [1.54, 1.807) is 5.48 Å². The number of anilines is 1. The number of carbonyl (C=O) groups is 3. The normalized spacial score (nSPS) is 24.4. The number of rotatable bonds is 10. The zero-order chi connectivity index (χ0) is 25.4. The molecule has 7 nitrogen and oxygen atoms in total. The van der Waals surface area contributed by atoms with Gasteiger partial charge in [-0.05, 0) is 62.6 Å². The Morgan fingerprint density at radius 1 is 0.944 bits per heavy atom. The van der Waals surface area contributed by atoms with Gasteiger partial charge in [0.1, 0.15) is 0 Å². The molecule has 2 fully saturated rings. The second-order valence-corrected chi connectivity index (χ2v) is 10.5. The number of quaternary nitrogens is 1. The third kappa shape index (κ3) is 5.85. The summed E-state index contributed by atoms with van der Waals surface area (Å²) in [7, 11) is 0. The van der Waals surface area contributed by atoms with Crippen LogP contribution >= 0.6 is 0 Å². The van der Waals surface area contributed by atoms with Crippen LogP contribution in [-0.2, 0) is 20.8 Å². The highest BCUT2D eigenvalue weighted by Crippen LogP contribution is 2.47. The van der Waals surface area contributed by atoms with E-state index >= 15 is 0 Å². The lowest BCUT2D eigenvalue weighted by molar-refractivity contribution is -0.866. The van der Waals surface area contributed by atoms with Crippen LogP contribution in [0.25, 0.3) is 0 Å². The van der Waals surface area contributed by atoms with Gasteiger partial charge in [-0.3, -0.25) is 14.8 Å². The number of likely N-dealkylation sites (tertiary alicyclic amines) is 1. The van der Waals surface area contributed by atoms with Gasteiger partial charge < -0.3 is 5.32 Å². The molecule has 2 aromatic carbocycles. The molecule has 1 saturated heterocycles. The molecule has 4 rings (SSSR count). The molecule has 1 aliphatic carbocycles. The smallest absolute Gasteiger partial charge is 0.321 e. The SMILES string of the molecule is O=C(CC1(CCCc2ccccc2)CC[N+](CC(=O)Nc2ccccc2)(C2CCCCC2)C1=O)NO. The monoisotopic (exact) mass is 492 g/mol. The topological polar surface area (TPSA) is 95.5 Å². The van der Waals surface area contributed by atoms with Crippen molar-refractivity contribution in [2.75, 3.05) is 18.4 Å². The van der Waals surface area contributed by atoms with Crippen LogP contribution in [0.1, 0.15) is 63.4 Å². The molecule has 0 spiro atoms. The summed E-state index contributed by atoms with van der Waals surface area (Å²) in [6.07, 6.45) is 7.70. The van der Waals surface area contributed by atoms with Crippen molar-refractivity contribution in [2.24, 2.45) is 5.41 Å². The lowest BCUT2D eigenvalue weighted by Gasteiger charge is -2.42. The summed E-state index contributed by atoms with van der Waals surface area (Å²) < 4.78 is 0.114. The van der Waals surface area contributed by atoms with Crippen LogP contribution in [0.2, 0.25) is 0 Å². The first kappa shape index (κ1) is 26.0. The number of carbonyl (C=O) groups excluding carboxylic acids is 3. The molecule has 2 aliphatic rings. The lowest BCUT2D eigenvalue weighted by atomic mass is 9.77. The predicted octanol–water partition coefficient (Wildman–Crippen LogP) is 4.61. The lowest BCUT2D eigenvalue weighted by Crippen LogP contribution is -2.62. The summed E-state index contributed by atoms with van der Waals surface area (Å²) in [4.78, 5) is 40.1. The maximum Gasteiger partial charge on any atom is 0.321 e. The number of aryl methyl sites for hydroxylation is 1. The summed E-state index contributed by atoms with van der Waals surface area (Å²) in [6.45, 7) is 0.634. The fraction of sp³-hybridized carbons (Fsp3) is 0.483. The molecule has 2 atom stereocenters. The number of para-hydroxylation sites is 1. The van der Waals surface area contributed by atoms with Crippen LogP contribution in [0.4, 0.5) is 5.69 Å². The highest BCUT2D eigenvalue weighted by molar-refractivity contribution is 5.94. The zero-order valence-corrected chi connectivity index (χ0v) is 21.0. The van der Waals surface area contributed by atoms with E-state index in [4.69, 9.17) is 0 Å². The summed E-state index contributed by atoms with van der Waals surface area (Å²) in [5.41, 5.74) is 2.77. The summed E-state index contributed by atoms with van der Waals surface area (Å²) in [5.74, 6) is -0.721. The number of nitrogens with one attached hydrogen (secondary N) is 2. The second-order valence-electron chi connectivity index (χ2n) is 10.5. The van der Waals surface area contributed by atoms with Crippen molar-refractivity contribution in [3.05, 3.63) is 66.2 Å². The van der Waals surface area contributed by atoms with E-state index in [0.29, 0.717) is 25.1 Å². The quantitative estimate of drug-likeness (QED) is 0.256. The Morgan fingerprint density at radius 2 is 1.61 bits per heavy atom. The van der Waals surface area contributed by atoms with Crippen LogP contribution in [0.15, 0.2) is 60.7 Å². The number of benzene rings is 2. The fourth-order valence-electron chi connectivity index (χ4n) is 6.38. The molecule has 0 aromatic heterocycles. The summed E-state index contributed by atoms with van der Waals surface area (Å²) >= 11 is 0. The van der Waals surface area contributed by atoms with E-state index in [9.17, 15) is 19.6 Å². The molecule has 192 valence electrons. The highest BCUT2D eigenvalue weighted by Gasteiger charge is 2.61. The van der Waals surface area contributed by atoms with Crippen molar-refractivity contribution in [2.45, 2.75) is 70.3 Å². The minimum absolute atomic E-state index is 0.00530. The van der Waals surface area contributed by atoms with E-state index in [-0.39, 0.29) is 35.3 Å². The molecule has 1 saturated carbocycles. The molecule has 7 heteroatoms. The Labute approximate surface area is 213 Å². The zero-order valence-electron chi connectivity index (χ0n) is 21.0. The third-order valence-electron chi connectivity index (χ3n) is 8.19. The Hall–Kier alpha value is -3.03. The average molecular weight is 493 g/mol. The number of hydrogen-bond acceptors (Lipinski definition) is 4. The summed E-state index contributed by atoms with van der Waals surface area (Å²) in [6, 6.07) is 19.5. The van der Waals surface area contributed by atoms with Gasteiger partial charge in [-0.25, -0.2) is 14.8 Å². The van der Waals surface area contributed by atoms with Crippen LogP contribution in [0.5, 0.6) is 0 Å². The Balaban J connectivity index is 1.58. The van der Waals surface area contributed by atoms with Crippen molar-refractivity contribution >= 4 is 23.4 Å². The van der Waals surface area contributed by atoms with Gasteiger partial charge in [0.25, 0.3) is 5.91 Å². The molecule has 36 heavy (non-hydrogen) atoms. The minimum Gasteiger partial charge on any atom is -0.321 e. The van der Waals surface area contributed by atoms with Gasteiger partial charge >= 0.3 is 5.91 Å². The van der Waals surface area contributed by atoms with Crippen LogP contribution in [0.3, 0.4) is 0 Å². The first-order valence-electron chi connectivity index (χ1n) is 13.2. The molecular weight excluding hydrogens is 454 g/mol. The maximum absolute atomic E-state index is 14.5. The van der Waals surface area contributed by atoms with Crippen LogP contribution < -0.4 is 10.8 Å². The Kier molecular flexibility index (Phi) is 8.54. The molecule has 2 unspecified atom stereocenters. The van der Waals surface area contributed by atoms with Crippen molar-refractivity contribution in [1.29, 1.82) is 0 Å². The van der Waals surface area contributed by atoms with Gasteiger partial charge in [0.15, 0.2) is 6.54 Å². The standard InChI is InChI=1S/C29H37N3O4/c33-26(31-36)21-29(18-10-13-23-11-4-1-5-12-23)19-20-32(28(29)35,25-16-8-3-9-17-25)22-27(34)30-24-14-6-2-7-15-24/h1-2,4-7,11-12,14-15,25H,3,8-10,13,16-22H2,(H2-,30,31,33,34,36)/p+1. The van der Waals surface area contributed by atoms with E-state index in [0.717, 1.165) is 44.9 Å². The predicted molar refractivity (Wildman–Crippen MR) is 138 cm³/mol. The summed E-state index contributed by atoms with van der Waals surface area (Å²) in [5, 5.41) is 12.3. The van der Waals surface area contributed by atoms with Crippen molar-refractivity contribution in [3.63, 3.8) is 0 Å². The van der Waals surface area contributed by atoms with E-state index < -0.39 is 11.3 Å². The van der Waals surface area contributed by atoms with Gasteiger partial charge in [0.05, 0.1) is 18.0 Å². The second kappa shape index (κ2) is 11.8. The average Bonchev–Trinajstić information content (AvgIpc) is 3.17. The van der Waals surface area contributed by atoms with Crippen LogP contribution in [0, 0.1) is 5.41 Å². The van der Waals surface area contributed by atoms with Gasteiger partial charge in [0, 0.05) is 18.5 Å². The first-order valence-corrected chi connectivity index (χ1v) is 13.2. The van der Waals surface area contributed by atoms with Gasteiger partial charge in [-0.15, -0.1) is 0 Å². The third-order valence-corrected chi connectivity index (χ3v) is 8.19. The molecule has 0 bridgehead atoms. The van der Waals surface area contributed by atoms with Crippen molar-refractivity contribution < 1.29 is 24.1 Å². The fourth-order valence-corrected chi connectivity index (χ4v) is 6.38. The number of nitrogens with zero attached hydrogens (tertiary/aromatic N) is 1. The molecule has 1 aliphatic heterocycles. The largest absolute Gasteiger partial charge is 0.321 e. The molecule has 3 N–H and O–H groups in total. The van der Waals surface area contributed by atoms with Gasteiger partial charge in [-0.2, -0.15) is 0 Å². The molecular formula is C29H38N3O4+. The molecule has 1 heterocycles. The number of hydroxylamine groups is 1. The van der Waals surface area contributed by atoms with E-state index in [2.05, 4.69) is 17.4 Å². The first-order chi connectivity index (χ1) is 17.5.